The number of nitrogens with one attached hydrogen (secondary N) is 1. The van der Waals surface area contributed by atoms with Crippen LogP contribution in [0.3, 0.4) is 0 Å². The van der Waals surface area contributed by atoms with E-state index in [1.54, 1.807) is 0 Å². The first kappa shape index (κ1) is 13.5. The monoisotopic (exact) mass is 272 g/mol. The van der Waals surface area contributed by atoms with Gasteiger partial charge in [-0.05, 0) is 29.8 Å². The quantitative estimate of drug-likeness (QED) is 0.841. The van der Waals surface area contributed by atoms with Crippen molar-refractivity contribution in [2.75, 3.05) is 0 Å². The zero-order valence-electron chi connectivity index (χ0n) is 10.7. The van der Waals surface area contributed by atoms with E-state index in [4.69, 9.17) is 18.0 Å². The highest BCUT2D eigenvalue weighted by Gasteiger charge is 2.10. The second-order valence-electron chi connectivity index (χ2n) is 4.61. The summed E-state index contributed by atoms with van der Waals surface area (Å²) < 4.78 is 0. The molecule has 0 saturated heterocycles. The summed E-state index contributed by atoms with van der Waals surface area (Å²) in [6.07, 6.45) is 0.509. The van der Waals surface area contributed by atoms with Crippen LogP contribution in [-0.2, 0) is 0 Å². The molecule has 0 aliphatic rings. The van der Waals surface area contributed by atoms with E-state index in [0.717, 1.165) is 10.8 Å². The Kier molecular flexibility index (Phi) is 4.12. The second-order valence-corrected chi connectivity index (χ2v) is 5.13. The van der Waals surface area contributed by atoms with E-state index >= 15 is 0 Å². The molecule has 0 aliphatic carbocycles. The average Bonchev–Trinajstić information content (AvgIpc) is 2.37. The first-order chi connectivity index (χ1) is 9.06. The summed E-state index contributed by atoms with van der Waals surface area (Å²) in [5, 5.41) is 5.06. The molecule has 2 aromatic carbocycles. The Labute approximate surface area is 117 Å². The van der Waals surface area contributed by atoms with Crippen molar-refractivity contribution in [1.82, 2.24) is 5.32 Å². The lowest BCUT2D eigenvalue weighted by molar-refractivity contribution is 0.0941. The third-order valence-corrected chi connectivity index (χ3v) is 3.06. The van der Waals surface area contributed by atoms with E-state index in [1.165, 1.54) is 0 Å². The molecule has 0 aromatic heterocycles. The molecule has 1 unspecified atom stereocenters. The van der Waals surface area contributed by atoms with Gasteiger partial charge < -0.3 is 11.1 Å². The van der Waals surface area contributed by atoms with Crippen molar-refractivity contribution in [1.29, 1.82) is 0 Å². The maximum Gasteiger partial charge on any atom is 0.251 e. The molecule has 2 aromatic rings. The molecule has 1 amide bonds. The van der Waals surface area contributed by atoms with Crippen molar-refractivity contribution in [2.45, 2.75) is 19.4 Å². The van der Waals surface area contributed by atoms with Gasteiger partial charge in [0.25, 0.3) is 5.91 Å². The molecule has 0 saturated carbocycles. The molecule has 3 N–H and O–H groups in total. The highest BCUT2D eigenvalue weighted by molar-refractivity contribution is 7.80. The van der Waals surface area contributed by atoms with Crippen LogP contribution in [0.2, 0.25) is 0 Å². The normalized spacial score (nSPS) is 12.1. The van der Waals surface area contributed by atoms with Crippen LogP contribution in [0.25, 0.3) is 10.8 Å². The molecule has 0 spiro atoms. The Morgan fingerprint density at radius 2 is 1.95 bits per heavy atom. The molecule has 0 aliphatic heterocycles. The highest BCUT2D eigenvalue weighted by atomic mass is 32.1. The number of fused-ring (bicyclic) bond motifs is 1. The van der Waals surface area contributed by atoms with Crippen LogP contribution in [-0.4, -0.2) is 16.9 Å². The molecule has 0 radical (unpaired) electrons. The number of amides is 1. The molecule has 19 heavy (non-hydrogen) atoms. The SMILES string of the molecule is CC(CC(N)=S)NC(=O)c1ccc2ccccc2c1. The predicted molar refractivity (Wildman–Crippen MR) is 82.3 cm³/mol. The number of hydrogen-bond donors (Lipinski definition) is 2. The summed E-state index contributed by atoms with van der Waals surface area (Å²) in [6, 6.07) is 13.5. The van der Waals surface area contributed by atoms with Gasteiger partial charge in [-0.3, -0.25) is 4.79 Å². The van der Waals surface area contributed by atoms with Gasteiger partial charge in [-0.25, -0.2) is 0 Å². The van der Waals surface area contributed by atoms with Crippen molar-refractivity contribution in [2.24, 2.45) is 5.73 Å². The third-order valence-electron chi connectivity index (χ3n) is 2.90. The number of rotatable bonds is 4. The number of carbonyl (C=O) groups excluding carboxylic acids is 1. The second kappa shape index (κ2) is 5.80. The summed E-state index contributed by atoms with van der Waals surface area (Å²) >= 11 is 4.83. The summed E-state index contributed by atoms with van der Waals surface area (Å²) in [7, 11) is 0. The topological polar surface area (TPSA) is 55.1 Å². The minimum atomic E-state index is -0.102. The summed E-state index contributed by atoms with van der Waals surface area (Å²) in [5.74, 6) is -0.102. The maximum absolute atomic E-state index is 12.1. The smallest absolute Gasteiger partial charge is 0.251 e. The standard InChI is InChI=1S/C15H16N2OS/c1-10(8-14(16)19)17-15(18)13-7-6-11-4-2-3-5-12(11)9-13/h2-7,9-10H,8H2,1H3,(H2,16,19)(H,17,18). The fraction of sp³-hybridized carbons (Fsp3) is 0.200. The van der Waals surface area contributed by atoms with Crippen LogP contribution < -0.4 is 11.1 Å². The van der Waals surface area contributed by atoms with Crippen LogP contribution in [0.4, 0.5) is 0 Å². The van der Waals surface area contributed by atoms with Crippen molar-refractivity contribution < 1.29 is 4.79 Å². The van der Waals surface area contributed by atoms with E-state index in [9.17, 15) is 4.79 Å². The lowest BCUT2D eigenvalue weighted by Crippen LogP contribution is -2.35. The number of hydrogen-bond acceptors (Lipinski definition) is 2. The zero-order valence-corrected chi connectivity index (χ0v) is 11.5. The van der Waals surface area contributed by atoms with Gasteiger partial charge in [0.2, 0.25) is 0 Å². The van der Waals surface area contributed by atoms with Crippen molar-refractivity contribution in [3.8, 4) is 0 Å². The van der Waals surface area contributed by atoms with E-state index in [0.29, 0.717) is 17.0 Å². The van der Waals surface area contributed by atoms with Gasteiger partial charge in [0, 0.05) is 18.0 Å². The van der Waals surface area contributed by atoms with Gasteiger partial charge in [-0.2, -0.15) is 0 Å². The Bertz CT molecular complexity index is 624. The predicted octanol–water partition coefficient (Wildman–Crippen LogP) is 2.63. The lowest BCUT2D eigenvalue weighted by Gasteiger charge is -2.13. The van der Waals surface area contributed by atoms with Gasteiger partial charge in [0.05, 0.1) is 4.99 Å². The summed E-state index contributed by atoms with van der Waals surface area (Å²) in [6.45, 7) is 1.89. The van der Waals surface area contributed by atoms with Crippen LogP contribution >= 0.6 is 12.2 Å². The zero-order chi connectivity index (χ0) is 13.8. The van der Waals surface area contributed by atoms with Crippen LogP contribution in [0.1, 0.15) is 23.7 Å². The number of nitrogens with two attached hydrogens (primary N) is 1. The number of benzene rings is 2. The van der Waals surface area contributed by atoms with Gasteiger partial charge in [0.1, 0.15) is 0 Å². The van der Waals surface area contributed by atoms with Gasteiger partial charge in [-0.1, -0.05) is 42.5 Å². The maximum atomic E-state index is 12.1. The number of carbonyl (C=O) groups is 1. The Hall–Kier alpha value is -1.94. The first-order valence-corrected chi connectivity index (χ1v) is 6.55. The van der Waals surface area contributed by atoms with Crippen molar-refractivity contribution in [3.05, 3.63) is 48.0 Å². The molecule has 0 heterocycles. The van der Waals surface area contributed by atoms with E-state index < -0.39 is 0 Å². The van der Waals surface area contributed by atoms with Crippen LogP contribution in [0.5, 0.6) is 0 Å². The van der Waals surface area contributed by atoms with Crippen LogP contribution in [0.15, 0.2) is 42.5 Å². The molecule has 4 heteroatoms. The third kappa shape index (κ3) is 3.51. The molecule has 1 atom stereocenters. The van der Waals surface area contributed by atoms with Gasteiger partial charge in [-0.15, -0.1) is 0 Å². The summed E-state index contributed by atoms with van der Waals surface area (Å²) in [4.78, 5) is 12.5. The molecule has 0 bridgehead atoms. The van der Waals surface area contributed by atoms with E-state index in [2.05, 4.69) is 5.32 Å². The van der Waals surface area contributed by atoms with Crippen LogP contribution in [0, 0.1) is 0 Å². The molecule has 0 fully saturated rings. The molecule has 98 valence electrons. The minimum absolute atomic E-state index is 0.0588. The Morgan fingerprint density at radius 1 is 1.26 bits per heavy atom. The fourth-order valence-corrected chi connectivity index (χ4v) is 2.24. The lowest BCUT2D eigenvalue weighted by atomic mass is 10.1. The highest BCUT2D eigenvalue weighted by Crippen LogP contribution is 2.15. The Morgan fingerprint density at radius 3 is 2.63 bits per heavy atom. The Balaban J connectivity index is 2.15. The number of thiocarbonyl (C=S) groups is 1. The van der Waals surface area contributed by atoms with E-state index in [-0.39, 0.29) is 11.9 Å². The van der Waals surface area contributed by atoms with Crippen molar-refractivity contribution in [3.63, 3.8) is 0 Å². The van der Waals surface area contributed by atoms with Gasteiger partial charge >= 0.3 is 0 Å². The fourth-order valence-electron chi connectivity index (χ4n) is 1.99. The van der Waals surface area contributed by atoms with E-state index in [1.807, 2.05) is 49.4 Å². The molecule has 2 rings (SSSR count). The summed E-state index contributed by atoms with van der Waals surface area (Å²) in [5.41, 5.74) is 6.11. The molecular weight excluding hydrogens is 256 g/mol. The molecule has 3 nitrogen and oxygen atoms in total. The largest absolute Gasteiger partial charge is 0.393 e. The molecular formula is C15H16N2OS. The minimum Gasteiger partial charge on any atom is -0.393 e. The van der Waals surface area contributed by atoms with Gasteiger partial charge in [0.15, 0.2) is 0 Å². The first-order valence-electron chi connectivity index (χ1n) is 6.14. The average molecular weight is 272 g/mol. The van der Waals surface area contributed by atoms with Crippen molar-refractivity contribution >= 4 is 33.9 Å².